The van der Waals surface area contributed by atoms with Crippen molar-refractivity contribution in [2.45, 2.75) is 6.92 Å². The lowest BCUT2D eigenvalue weighted by Crippen LogP contribution is -2.11. The molecule has 3 aromatic heterocycles. The summed E-state index contributed by atoms with van der Waals surface area (Å²) in [6, 6.07) is 7.60. The summed E-state index contributed by atoms with van der Waals surface area (Å²) in [5.41, 5.74) is 9.26. The Bertz CT molecular complexity index is 811. The SMILES string of the molecule is Cc1ccncc1-c1ncc(-c2cccc(C(N)=S)n2)s1. The molecule has 2 N–H and O–H groups in total. The first-order valence-electron chi connectivity index (χ1n) is 6.29. The molecule has 0 unspecified atom stereocenters. The standard InChI is InChI=1S/C15H12N4S2/c1-9-5-6-17-7-10(9)15-18-8-13(21-15)11-3-2-4-12(19-11)14(16)20/h2-8H,1H3,(H2,16,20). The summed E-state index contributed by atoms with van der Waals surface area (Å²) in [5, 5.41) is 0.929. The van der Waals surface area contributed by atoms with Crippen molar-refractivity contribution in [3.05, 3.63) is 54.1 Å². The normalized spacial score (nSPS) is 10.5. The first kappa shape index (κ1) is 13.8. The molecular weight excluding hydrogens is 300 g/mol. The molecule has 4 nitrogen and oxygen atoms in total. The van der Waals surface area contributed by atoms with Gasteiger partial charge in [0.2, 0.25) is 0 Å². The van der Waals surface area contributed by atoms with Crippen LogP contribution in [0.5, 0.6) is 0 Å². The molecule has 0 amide bonds. The maximum atomic E-state index is 5.63. The molecule has 0 aliphatic heterocycles. The second-order valence-corrected chi connectivity index (χ2v) is 5.96. The Labute approximate surface area is 131 Å². The Kier molecular flexibility index (Phi) is 3.72. The second-order valence-electron chi connectivity index (χ2n) is 4.49. The van der Waals surface area contributed by atoms with Crippen molar-refractivity contribution >= 4 is 28.5 Å². The molecule has 0 saturated heterocycles. The summed E-state index contributed by atoms with van der Waals surface area (Å²) in [4.78, 5) is 14.4. The molecule has 6 heteroatoms. The molecule has 3 heterocycles. The highest BCUT2D eigenvalue weighted by molar-refractivity contribution is 7.80. The van der Waals surface area contributed by atoms with Crippen LogP contribution in [0.1, 0.15) is 11.3 Å². The number of rotatable bonds is 3. The summed E-state index contributed by atoms with van der Waals surface area (Å²) >= 11 is 6.54. The van der Waals surface area contributed by atoms with Crippen LogP contribution in [0.25, 0.3) is 21.1 Å². The van der Waals surface area contributed by atoms with Gasteiger partial charge in [-0.3, -0.25) is 4.98 Å². The molecular formula is C15H12N4S2. The number of thiocarbonyl (C=S) groups is 1. The molecule has 104 valence electrons. The van der Waals surface area contributed by atoms with E-state index in [-0.39, 0.29) is 0 Å². The van der Waals surface area contributed by atoms with E-state index in [1.807, 2.05) is 37.5 Å². The zero-order chi connectivity index (χ0) is 14.8. The Morgan fingerprint density at radius 1 is 1.24 bits per heavy atom. The van der Waals surface area contributed by atoms with Crippen LogP contribution in [0.2, 0.25) is 0 Å². The minimum atomic E-state index is 0.296. The first-order chi connectivity index (χ1) is 10.1. The van der Waals surface area contributed by atoms with Crippen LogP contribution in [-0.2, 0) is 0 Å². The minimum Gasteiger partial charge on any atom is -0.388 e. The van der Waals surface area contributed by atoms with Gasteiger partial charge in [0.1, 0.15) is 10.00 Å². The van der Waals surface area contributed by atoms with Gasteiger partial charge in [-0.25, -0.2) is 9.97 Å². The van der Waals surface area contributed by atoms with Gasteiger partial charge in [0, 0.05) is 24.2 Å². The molecule has 21 heavy (non-hydrogen) atoms. The van der Waals surface area contributed by atoms with Crippen molar-refractivity contribution in [2.75, 3.05) is 0 Å². The van der Waals surface area contributed by atoms with Gasteiger partial charge in [0.05, 0.1) is 16.3 Å². The molecule has 0 saturated carbocycles. The van der Waals surface area contributed by atoms with Gasteiger partial charge >= 0.3 is 0 Å². The number of pyridine rings is 2. The second kappa shape index (κ2) is 5.67. The Hall–Kier alpha value is -2.18. The van der Waals surface area contributed by atoms with Crippen LogP contribution in [-0.4, -0.2) is 19.9 Å². The fourth-order valence-electron chi connectivity index (χ4n) is 1.91. The van der Waals surface area contributed by atoms with Gasteiger partial charge in [-0.05, 0) is 30.7 Å². The summed E-state index contributed by atoms with van der Waals surface area (Å²) in [5.74, 6) is 0. The highest BCUT2D eigenvalue weighted by Gasteiger charge is 2.10. The first-order valence-corrected chi connectivity index (χ1v) is 7.51. The molecule has 3 rings (SSSR count). The third-order valence-electron chi connectivity index (χ3n) is 3.03. The van der Waals surface area contributed by atoms with E-state index in [2.05, 4.69) is 15.0 Å². The number of hydrogen-bond donors (Lipinski definition) is 1. The number of thiazole rings is 1. The van der Waals surface area contributed by atoms with E-state index in [9.17, 15) is 0 Å². The van der Waals surface area contributed by atoms with E-state index in [4.69, 9.17) is 18.0 Å². The highest BCUT2D eigenvalue weighted by Crippen LogP contribution is 2.32. The molecule has 0 bridgehead atoms. The summed E-state index contributed by atoms with van der Waals surface area (Å²) < 4.78 is 0. The minimum absolute atomic E-state index is 0.296. The van der Waals surface area contributed by atoms with E-state index in [0.717, 1.165) is 26.7 Å². The van der Waals surface area contributed by atoms with Crippen LogP contribution >= 0.6 is 23.6 Å². The number of aromatic nitrogens is 3. The molecule has 0 aliphatic carbocycles. The van der Waals surface area contributed by atoms with Gasteiger partial charge in [-0.1, -0.05) is 18.3 Å². The van der Waals surface area contributed by atoms with Crippen molar-refractivity contribution in [1.29, 1.82) is 0 Å². The van der Waals surface area contributed by atoms with Crippen LogP contribution < -0.4 is 5.73 Å². The summed E-state index contributed by atoms with van der Waals surface area (Å²) in [7, 11) is 0. The van der Waals surface area contributed by atoms with E-state index in [0.29, 0.717) is 10.7 Å². The molecule has 3 aromatic rings. The average molecular weight is 312 g/mol. The molecule has 0 fully saturated rings. The quantitative estimate of drug-likeness (QED) is 0.752. The Morgan fingerprint density at radius 2 is 2.10 bits per heavy atom. The van der Waals surface area contributed by atoms with Crippen LogP contribution in [0.15, 0.2) is 42.9 Å². The van der Waals surface area contributed by atoms with E-state index in [1.54, 1.807) is 23.6 Å². The summed E-state index contributed by atoms with van der Waals surface area (Å²) in [6.07, 6.45) is 5.43. The van der Waals surface area contributed by atoms with Gasteiger partial charge in [0.25, 0.3) is 0 Å². The number of nitrogens with two attached hydrogens (primary N) is 1. The monoisotopic (exact) mass is 312 g/mol. The molecule has 0 aliphatic rings. The van der Waals surface area contributed by atoms with Crippen LogP contribution in [0.4, 0.5) is 0 Å². The van der Waals surface area contributed by atoms with Crippen molar-refractivity contribution in [1.82, 2.24) is 15.0 Å². The lowest BCUT2D eigenvalue weighted by Gasteiger charge is -2.01. The number of nitrogens with zero attached hydrogens (tertiary/aromatic N) is 3. The largest absolute Gasteiger partial charge is 0.388 e. The van der Waals surface area contributed by atoms with Crippen molar-refractivity contribution in [3.63, 3.8) is 0 Å². The molecule has 0 radical (unpaired) electrons. The lowest BCUT2D eigenvalue weighted by atomic mass is 10.2. The fourth-order valence-corrected chi connectivity index (χ4v) is 2.99. The molecule has 0 spiro atoms. The smallest absolute Gasteiger partial charge is 0.125 e. The lowest BCUT2D eigenvalue weighted by molar-refractivity contribution is 1.27. The van der Waals surface area contributed by atoms with Gasteiger partial charge in [0.15, 0.2) is 0 Å². The zero-order valence-electron chi connectivity index (χ0n) is 11.3. The third kappa shape index (κ3) is 2.81. The van der Waals surface area contributed by atoms with Crippen LogP contribution in [0.3, 0.4) is 0 Å². The van der Waals surface area contributed by atoms with Gasteiger partial charge in [-0.2, -0.15) is 0 Å². The maximum Gasteiger partial charge on any atom is 0.125 e. The number of aryl methyl sites for hydroxylation is 1. The van der Waals surface area contributed by atoms with Gasteiger partial charge in [-0.15, -0.1) is 11.3 Å². The van der Waals surface area contributed by atoms with Crippen LogP contribution in [0, 0.1) is 6.92 Å². The molecule has 0 aromatic carbocycles. The van der Waals surface area contributed by atoms with E-state index < -0.39 is 0 Å². The summed E-state index contributed by atoms with van der Waals surface area (Å²) in [6.45, 7) is 2.05. The maximum absolute atomic E-state index is 5.63. The fraction of sp³-hybridized carbons (Fsp3) is 0.0667. The third-order valence-corrected chi connectivity index (χ3v) is 4.29. The van der Waals surface area contributed by atoms with Gasteiger partial charge < -0.3 is 5.73 Å². The van der Waals surface area contributed by atoms with Crippen molar-refractivity contribution < 1.29 is 0 Å². The van der Waals surface area contributed by atoms with Crippen molar-refractivity contribution in [3.8, 4) is 21.1 Å². The van der Waals surface area contributed by atoms with E-state index in [1.165, 1.54) is 0 Å². The zero-order valence-corrected chi connectivity index (χ0v) is 12.9. The topological polar surface area (TPSA) is 64.7 Å². The van der Waals surface area contributed by atoms with E-state index >= 15 is 0 Å². The van der Waals surface area contributed by atoms with Crippen molar-refractivity contribution in [2.24, 2.45) is 5.73 Å². The Morgan fingerprint density at radius 3 is 2.86 bits per heavy atom. The highest BCUT2D eigenvalue weighted by atomic mass is 32.1. The average Bonchev–Trinajstić information content (AvgIpc) is 2.97. The Balaban J connectivity index is 2.01. The predicted octanol–water partition coefficient (Wildman–Crippen LogP) is 3.21. The number of hydrogen-bond acceptors (Lipinski definition) is 5. The predicted molar refractivity (Wildman–Crippen MR) is 89.2 cm³/mol. The molecule has 0 atom stereocenters.